The van der Waals surface area contributed by atoms with Gasteiger partial charge in [0.1, 0.15) is 10.9 Å². The molecule has 78 valence electrons. The number of aromatic amines is 1. The molecular formula is C9H14N2O2S. The minimum absolute atomic E-state index is 0.0312. The molecule has 0 aliphatic heterocycles. The Morgan fingerprint density at radius 3 is 2.71 bits per heavy atom. The van der Waals surface area contributed by atoms with E-state index in [0.717, 1.165) is 0 Å². The van der Waals surface area contributed by atoms with Crippen LogP contribution in [0.4, 0.5) is 0 Å². The number of nitrogens with zero attached hydrogens (tertiary/aromatic N) is 1. The fourth-order valence-electron chi connectivity index (χ4n) is 0.901. The van der Waals surface area contributed by atoms with Crippen molar-refractivity contribution in [3.05, 3.63) is 22.2 Å². The Morgan fingerprint density at radius 1 is 1.57 bits per heavy atom. The second-order valence-corrected chi connectivity index (χ2v) is 4.63. The van der Waals surface area contributed by atoms with Crippen molar-refractivity contribution in [3.63, 3.8) is 0 Å². The van der Waals surface area contributed by atoms with Crippen LogP contribution in [-0.4, -0.2) is 26.4 Å². The lowest BCUT2D eigenvalue weighted by molar-refractivity contribution is 0.196. The first-order chi connectivity index (χ1) is 6.49. The van der Waals surface area contributed by atoms with Crippen LogP contribution in [0.1, 0.15) is 19.7 Å². The van der Waals surface area contributed by atoms with Gasteiger partial charge in [-0.2, -0.15) is 0 Å². The number of aryl methyl sites for hydroxylation is 1. The van der Waals surface area contributed by atoms with Crippen molar-refractivity contribution in [3.8, 4) is 0 Å². The number of thioether (sulfide) groups is 1. The number of nitrogens with one attached hydrogen (secondary N) is 1. The van der Waals surface area contributed by atoms with Gasteiger partial charge in [-0.3, -0.25) is 4.79 Å². The highest BCUT2D eigenvalue weighted by Gasteiger charge is 2.11. The molecule has 2 atom stereocenters. The molecule has 1 aromatic heterocycles. The SMILES string of the molecule is Cc1nc(SC(C)C(C)O)cc(=O)[nH]1. The number of aliphatic hydroxyl groups excluding tert-OH is 1. The molecule has 0 bridgehead atoms. The van der Waals surface area contributed by atoms with Gasteiger partial charge in [0.15, 0.2) is 0 Å². The standard InChI is InChI=1S/C9H14N2O2S/c1-5(12)6(2)14-9-4-8(13)10-7(3)11-9/h4-6,12H,1-3H3,(H,10,11,13). The zero-order valence-corrected chi connectivity index (χ0v) is 9.26. The van der Waals surface area contributed by atoms with Crippen molar-refractivity contribution in [1.82, 2.24) is 9.97 Å². The summed E-state index contributed by atoms with van der Waals surface area (Å²) >= 11 is 1.40. The Bertz CT molecular complexity index is 362. The molecule has 14 heavy (non-hydrogen) atoms. The molecule has 1 rings (SSSR count). The van der Waals surface area contributed by atoms with E-state index in [-0.39, 0.29) is 10.8 Å². The molecule has 0 fully saturated rings. The van der Waals surface area contributed by atoms with Crippen LogP contribution < -0.4 is 5.56 Å². The van der Waals surface area contributed by atoms with Gasteiger partial charge in [0.05, 0.1) is 6.10 Å². The molecule has 0 saturated carbocycles. The van der Waals surface area contributed by atoms with Crippen LogP contribution in [0.5, 0.6) is 0 Å². The number of aromatic nitrogens is 2. The van der Waals surface area contributed by atoms with E-state index in [9.17, 15) is 9.90 Å². The lowest BCUT2D eigenvalue weighted by Gasteiger charge is -2.12. The fraction of sp³-hybridized carbons (Fsp3) is 0.556. The van der Waals surface area contributed by atoms with Crippen LogP contribution in [0, 0.1) is 6.92 Å². The number of aliphatic hydroxyl groups is 1. The molecule has 2 N–H and O–H groups in total. The first-order valence-electron chi connectivity index (χ1n) is 4.41. The Morgan fingerprint density at radius 2 is 2.21 bits per heavy atom. The largest absolute Gasteiger partial charge is 0.392 e. The Hall–Kier alpha value is -0.810. The van der Waals surface area contributed by atoms with Crippen LogP contribution in [-0.2, 0) is 0 Å². The maximum absolute atomic E-state index is 11.1. The van der Waals surface area contributed by atoms with Gasteiger partial charge in [-0.15, -0.1) is 11.8 Å². The zero-order chi connectivity index (χ0) is 10.7. The van der Waals surface area contributed by atoms with Crippen LogP contribution in [0.15, 0.2) is 15.9 Å². The van der Waals surface area contributed by atoms with E-state index in [1.807, 2.05) is 6.92 Å². The molecule has 0 saturated heterocycles. The molecule has 1 heterocycles. The van der Waals surface area contributed by atoms with Crippen LogP contribution in [0.3, 0.4) is 0 Å². The number of hydrogen-bond acceptors (Lipinski definition) is 4. The third-order valence-electron chi connectivity index (χ3n) is 1.82. The van der Waals surface area contributed by atoms with E-state index in [0.29, 0.717) is 10.9 Å². The highest BCUT2D eigenvalue weighted by molar-refractivity contribution is 7.99. The summed E-state index contributed by atoms with van der Waals surface area (Å²) in [7, 11) is 0. The van der Waals surface area contributed by atoms with Gasteiger partial charge in [0, 0.05) is 11.3 Å². The summed E-state index contributed by atoms with van der Waals surface area (Å²) < 4.78 is 0. The molecule has 0 amide bonds. The summed E-state index contributed by atoms with van der Waals surface area (Å²) in [6.45, 7) is 5.35. The first kappa shape index (κ1) is 11.3. The summed E-state index contributed by atoms with van der Waals surface area (Å²) in [6.07, 6.45) is -0.415. The van der Waals surface area contributed by atoms with E-state index in [1.165, 1.54) is 17.8 Å². The monoisotopic (exact) mass is 214 g/mol. The van der Waals surface area contributed by atoms with Crippen LogP contribution >= 0.6 is 11.8 Å². The maximum Gasteiger partial charge on any atom is 0.251 e. The van der Waals surface area contributed by atoms with Gasteiger partial charge in [0.2, 0.25) is 0 Å². The van der Waals surface area contributed by atoms with Gasteiger partial charge in [-0.1, -0.05) is 6.92 Å². The van der Waals surface area contributed by atoms with Crippen LogP contribution in [0.25, 0.3) is 0 Å². The summed E-state index contributed by atoms with van der Waals surface area (Å²) in [5.74, 6) is 0.595. The molecule has 0 aliphatic carbocycles. The van der Waals surface area contributed by atoms with Gasteiger partial charge in [-0.25, -0.2) is 4.98 Å². The second-order valence-electron chi connectivity index (χ2n) is 3.23. The minimum atomic E-state index is -0.415. The molecule has 1 aromatic rings. The topological polar surface area (TPSA) is 66.0 Å². The van der Waals surface area contributed by atoms with Gasteiger partial charge < -0.3 is 10.1 Å². The average Bonchev–Trinajstić information content (AvgIpc) is 2.01. The highest BCUT2D eigenvalue weighted by Crippen LogP contribution is 2.21. The van der Waals surface area contributed by atoms with E-state index in [1.54, 1.807) is 13.8 Å². The molecule has 4 nitrogen and oxygen atoms in total. The lowest BCUT2D eigenvalue weighted by atomic mass is 10.3. The van der Waals surface area contributed by atoms with Crippen molar-refractivity contribution < 1.29 is 5.11 Å². The molecule has 0 aliphatic rings. The van der Waals surface area contributed by atoms with E-state index in [2.05, 4.69) is 9.97 Å². The van der Waals surface area contributed by atoms with Gasteiger partial charge in [0.25, 0.3) is 5.56 Å². The predicted molar refractivity (Wildman–Crippen MR) is 56.6 cm³/mol. The number of hydrogen-bond donors (Lipinski definition) is 2. The third-order valence-corrected chi connectivity index (χ3v) is 3.04. The average molecular weight is 214 g/mol. The third kappa shape index (κ3) is 3.16. The van der Waals surface area contributed by atoms with E-state index < -0.39 is 6.10 Å². The Balaban J connectivity index is 2.82. The Kier molecular flexibility index (Phi) is 3.71. The molecule has 0 aromatic carbocycles. The molecule has 0 radical (unpaired) electrons. The predicted octanol–water partition coefficient (Wildman–Crippen LogP) is 0.940. The van der Waals surface area contributed by atoms with Crippen molar-refractivity contribution in [1.29, 1.82) is 0 Å². The molecular weight excluding hydrogens is 200 g/mol. The number of H-pyrrole nitrogens is 1. The van der Waals surface area contributed by atoms with Crippen LogP contribution in [0.2, 0.25) is 0 Å². The highest BCUT2D eigenvalue weighted by atomic mass is 32.2. The zero-order valence-electron chi connectivity index (χ0n) is 8.44. The second kappa shape index (κ2) is 4.61. The lowest BCUT2D eigenvalue weighted by Crippen LogP contribution is -2.16. The van der Waals surface area contributed by atoms with E-state index >= 15 is 0 Å². The normalized spacial score (nSPS) is 15.1. The van der Waals surface area contributed by atoms with Crippen molar-refractivity contribution in [2.45, 2.75) is 37.2 Å². The summed E-state index contributed by atoms with van der Waals surface area (Å²) in [5, 5.41) is 9.97. The summed E-state index contributed by atoms with van der Waals surface area (Å²) in [6, 6.07) is 1.44. The minimum Gasteiger partial charge on any atom is -0.392 e. The quantitative estimate of drug-likeness (QED) is 0.580. The van der Waals surface area contributed by atoms with E-state index in [4.69, 9.17) is 0 Å². The van der Waals surface area contributed by atoms with Crippen molar-refractivity contribution in [2.24, 2.45) is 0 Å². The summed E-state index contributed by atoms with van der Waals surface area (Å²) in [5.41, 5.74) is -0.155. The van der Waals surface area contributed by atoms with Crippen molar-refractivity contribution >= 4 is 11.8 Å². The first-order valence-corrected chi connectivity index (χ1v) is 5.29. The fourth-order valence-corrected chi connectivity index (χ4v) is 1.84. The maximum atomic E-state index is 11.1. The van der Waals surface area contributed by atoms with Gasteiger partial charge >= 0.3 is 0 Å². The molecule has 2 unspecified atom stereocenters. The molecule has 5 heteroatoms. The van der Waals surface area contributed by atoms with Crippen molar-refractivity contribution in [2.75, 3.05) is 0 Å². The molecule has 0 spiro atoms. The summed E-state index contributed by atoms with van der Waals surface area (Å²) in [4.78, 5) is 17.8. The van der Waals surface area contributed by atoms with Gasteiger partial charge in [-0.05, 0) is 13.8 Å². The Labute approximate surface area is 86.8 Å². The number of rotatable bonds is 3. The smallest absolute Gasteiger partial charge is 0.251 e.